The van der Waals surface area contributed by atoms with Gasteiger partial charge in [0.2, 0.25) is 0 Å². The quantitative estimate of drug-likeness (QED) is 0.760. The molecule has 0 aromatic heterocycles. The van der Waals surface area contributed by atoms with Crippen molar-refractivity contribution in [3.05, 3.63) is 0 Å². The first-order chi connectivity index (χ1) is 7.98. The Labute approximate surface area is 106 Å². The molecule has 100 valence electrons. The van der Waals surface area contributed by atoms with Gasteiger partial charge < -0.3 is 5.11 Å². The maximum atomic E-state index is 10.3. The topological polar surface area (TPSA) is 23.5 Å². The van der Waals surface area contributed by atoms with Crippen LogP contribution in [0.3, 0.4) is 0 Å². The lowest BCUT2D eigenvalue weighted by atomic mass is 9.73. The highest BCUT2D eigenvalue weighted by molar-refractivity contribution is 4.91. The van der Waals surface area contributed by atoms with Gasteiger partial charge in [0.05, 0.1) is 6.10 Å². The van der Waals surface area contributed by atoms with Crippen molar-refractivity contribution in [1.29, 1.82) is 0 Å². The Balaban J connectivity index is 1.99. The van der Waals surface area contributed by atoms with Crippen LogP contribution < -0.4 is 0 Å². The molecular formula is C15H29NO. The van der Waals surface area contributed by atoms with E-state index in [9.17, 15) is 5.11 Å². The van der Waals surface area contributed by atoms with E-state index in [1.807, 2.05) is 0 Å². The third-order valence-corrected chi connectivity index (χ3v) is 4.84. The first kappa shape index (κ1) is 13.4. The van der Waals surface area contributed by atoms with E-state index in [0.717, 1.165) is 12.3 Å². The summed E-state index contributed by atoms with van der Waals surface area (Å²) in [5, 5.41) is 10.3. The summed E-state index contributed by atoms with van der Waals surface area (Å²) in [6.07, 6.45) is 7.23. The lowest BCUT2D eigenvalue weighted by Crippen LogP contribution is -2.49. The van der Waals surface area contributed by atoms with E-state index in [1.54, 1.807) is 0 Å². The van der Waals surface area contributed by atoms with Crippen molar-refractivity contribution in [2.75, 3.05) is 13.1 Å². The molecule has 2 fully saturated rings. The molecule has 1 heterocycles. The summed E-state index contributed by atoms with van der Waals surface area (Å²) >= 11 is 0. The summed E-state index contributed by atoms with van der Waals surface area (Å²) in [5.41, 5.74) is 0.418. The smallest absolute Gasteiger partial charge is 0.0695 e. The van der Waals surface area contributed by atoms with Gasteiger partial charge in [0.1, 0.15) is 0 Å². The number of aliphatic hydroxyl groups is 1. The third-order valence-electron chi connectivity index (χ3n) is 4.84. The van der Waals surface area contributed by atoms with Crippen LogP contribution in [0.15, 0.2) is 0 Å². The molecule has 1 aliphatic carbocycles. The molecule has 3 atom stereocenters. The van der Waals surface area contributed by atoms with E-state index in [-0.39, 0.29) is 6.10 Å². The minimum Gasteiger partial charge on any atom is -0.391 e. The van der Waals surface area contributed by atoms with Gasteiger partial charge in [0.25, 0.3) is 0 Å². The Morgan fingerprint density at radius 3 is 2.65 bits per heavy atom. The Kier molecular flexibility index (Phi) is 4.14. The summed E-state index contributed by atoms with van der Waals surface area (Å²) in [6, 6.07) is 0.420. The molecule has 1 N–H and O–H groups in total. The molecule has 2 aliphatic rings. The van der Waals surface area contributed by atoms with Crippen molar-refractivity contribution >= 4 is 0 Å². The maximum Gasteiger partial charge on any atom is 0.0695 e. The van der Waals surface area contributed by atoms with Gasteiger partial charge in [-0.1, -0.05) is 20.8 Å². The predicted octanol–water partition coefficient (Wildman–Crippen LogP) is 3.05. The molecule has 0 amide bonds. The summed E-state index contributed by atoms with van der Waals surface area (Å²) in [6.45, 7) is 9.46. The second-order valence-corrected chi connectivity index (χ2v) is 7.11. The number of aliphatic hydroxyl groups excluding tert-OH is 1. The first-order valence-corrected chi connectivity index (χ1v) is 7.40. The minimum absolute atomic E-state index is 0.0866. The normalized spacial score (nSPS) is 39.9. The molecule has 1 saturated heterocycles. The van der Waals surface area contributed by atoms with E-state index in [2.05, 4.69) is 25.7 Å². The van der Waals surface area contributed by atoms with Crippen LogP contribution in [-0.4, -0.2) is 35.2 Å². The predicted molar refractivity (Wildman–Crippen MR) is 72.0 cm³/mol. The van der Waals surface area contributed by atoms with Crippen molar-refractivity contribution in [2.45, 2.75) is 71.4 Å². The van der Waals surface area contributed by atoms with E-state index in [0.29, 0.717) is 11.5 Å². The van der Waals surface area contributed by atoms with Crippen LogP contribution in [0, 0.1) is 11.3 Å². The van der Waals surface area contributed by atoms with Crippen LogP contribution in [0.25, 0.3) is 0 Å². The summed E-state index contributed by atoms with van der Waals surface area (Å²) in [5.74, 6) is 0.869. The lowest BCUT2D eigenvalue weighted by Gasteiger charge is -2.44. The number of hydrogen-bond acceptors (Lipinski definition) is 2. The van der Waals surface area contributed by atoms with Crippen molar-refractivity contribution in [2.24, 2.45) is 11.3 Å². The average molecular weight is 239 g/mol. The molecule has 17 heavy (non-hydrogen) atoms. The SMILES string of the molecule is CC1CCCN(C2CC(C)(C)CCC2O)CC1. The third kappa shape index (κ3) is 3.45. The van der Waals surface area contributed by atoms with E-state index >= 15 is 0 Å². The fourth-order valence-electron chi connectivity index (χ4n) is 3.52. The molecule has 0 aromatic rings. The summed E-state index contributed by atoms with van der Waals surface area (Å²) in [7, 11) is 0. The molecule has 0 bridgehead atoms. The van der Waals surface area contributed by atoms with Gasteiger partial charge in [-0.05, 0) is 62.9 Å². The second-order valence-electron chi connectivity index (χ2n) is 7.11. The van der Waals surface area contributed by atoms with Crippen LogP contribution in [0.2, 0.25) is 0 Å². The van der Waals surface area contributed by atoms with Crippen LogP contribution in [0.1, 0.15) is 59.3 Å². The van der Waals surface area contributed by atoms with Crippen molar-refractivity contribution < 1.29 is 5.11 Å². The Bertz CT molecular complexity index is 251. The molecule has 1 aliphatic heterocycles. The van der Waals surface area contributed by atoms with Crippen molar-refractivity contribution in [3.63, 3.8) is 0 Å². The first-order valence-electron chi connectivity index (χ1n) is 7.40. The largest absolute Gasteiger partial charge is 0.391 e. The van der Waals surface area contributed by atoms with Gasteiger partial charge in [0.15, 0.2) is 0 Å². The zero-order chi connectivity index (χ0) is 12.5. The molecular weight excluding hydrogens is 210 g/mol. The average Bonchev–Trinajstić information content (AvgIpc) is 2.47. The number of nitrogens with zero attached hydrogens (tertiary/aromatic N) is 1. The number of likely N-dealkylation sites (tertiary alicyclic amines) is 1. The van der Waals surface area contributed by atoms with Gasteiger partial charge in [-0.15, -0.1) is 0 Å². The van der Waals surface area contributed by atoms with Gasteiger partial charge in [-0.3, -0.25) is 4.90 Å². The number of rotatable bonds is 1. The molecule has 3 unspecified atom stereocenters. The zero-order valence-corrected chi connectivity index (χ0v) is 11.8. The highest BCUT2D eigenvalue weighted by Gasteiger charge is 2.37. The van der Waals surface area contributed by atoms with Crippen LogP contribution in [0.4, 0.5) is 0 Å². The fraction of sp³-hybridized carbons (Fsp3) is 1.00. The van der Waals surface area contributed by atoms with Gasteiger partial charge >= 0.3 is 0 Å². The summed E-state index contributed by atoms with van der Waals surface area (Å²) < 4.78 is 0. The molecule has 2 rings (SSSR count). The van der Waals surface area contributed by atoms with E-state index < -0.39 is 0 Å². The monoisotopic (exact) mass is 239 g/mol. The Morgan fingerprint density at radius 2 is 1.88 bits per heavy atom. The Hall–Kier alpha value is -0.0800. The highest BCUT2D eigenvalue weighted by atomic mass is 16.3. The standard InChI is InChI=1S/C15H29NO/c1-12-5-4-9-16(10-7-12)13-11-15(2,3)8-6-14(13)17/h12-14,17H,4-11H2,1-3H3. The highest BCUT2D eigenvalue weighted by Crippen LogP contribution is 2.38. The molecule has 0 spiro atoms. The lowest BCUT2D eigenvalue weighted by molar-refractivity contribution is -0.0163. The second kappa shape index (κ2) is 5.27. The molecule has 1 saturated carbocycles. The van der Waals surface area contributed by atoms with E-state index in [4.69, 9.17) is 0 Å². The van der Waals surface area contributed by atoms with Crippen molar-refractivity contribution in [1.82, 2.24) is 4.90 Å². The van der Waals surface area contributed by atoms with E-state index in [1.165, 1.54) is 45.2 Å². The molecule has 0 aromatic carbocycles. The van der Waals surface area contributed by atoms with Gasteiger partial charge in [0, 0.05) is 6.04 Å². The summed E-state index contributed by atoms with van der Waals surface area (Å²) in [4.78, 5) is 2.58. The zero-order valence-electron chi connectivity index (χ0n) is 11.8. The minimum atomic E-state index is -0.0866. The van der Waals surface area contributed by atoms with Crippen LogP contribution in [-0.2, 0) is 0 Å². The maximum absolute atomic E-state index is 10.3. The molecule has 2 heteroatoms. The van der Waals surface area contributed by atoms with Gasteiger partial charge in [-0.25, -0.2) is 0 Å². The molecule has 0 radical (unpaired) electrons. The van der Waals surface area contributed by atoms with Crippen molar-refractivity contribution in [3.8, 4) is 0 Å². The van der Waals surface area contributed by atoms with Crippen LogP contribution in [0.5, 0.6) is 0 Å². The fourth-order valence-corrected chi connectivity index (χ4v) is 3.52. The Morgan fingerprint density at radius 1 is 1.12 bits per heavy atom. The van der Waals surface area contributed by atoms with Crippen LogP contribution >= 0.6 is 0 Å². The molecule has 2 nitrogen and oxygen atoms in total. The number of hydrogen-bond donors (Lipinski definition) is 1. The van der Waals surface area contributed by atoms with Gasteiger partial charge in [-0.2, -0.15) is 0 Å².